The molecular formula is C12H22N6. The lowest BCUT2D eigenvalue weighted by Crippen LogP contribution is -2.28. The summed E-state index contributed by atoms with van der Waals surface area (Å²) in [6, 6.07) is 0. The molecule has 1 aromatic rings. The SMILES string of the molecule is C[C@H]1CCN(Cc2nc(N)nc(N)n2)C[C@@H](C)C1. The summed E-state index contributed by atoms with van der Waals surface area (Å²) >= 11 is 0. The lowest BCUT2D eigenvalue weighted by atomic mass is 9.97. The zero-order chi connectivity index (χ0) is 13.1. The summed E-state index contributed by atoms with van der Waals surface area (Å²) in [6.45, 7) is 7.48. The van der Waals surface area contributed by atoms with Crippen molar-refractivity contribution < 1.29 is 0 Å². The molecule has 1 fully saturated rings. The number of rotatable bonds is 2. The molecule has 0 radical (unpaired) electrons. The summed E-state index contributed by atoms with van der Waals surface area (Å²) in [4.78, 5) is 14.4. The molecule has 6 heteroatoms. The Morgan fingerprint density at radius 2 is 1.78 bits per heavy atom. The van der Waals surface area contributed by atoms with E-state index < -0.39 is 0 Å². The van der Waals surface area contributed by atoms with E-state index in [-0.39, 0.29) is 11.9 Å². The Labute approximate surface area is 108 Å². The van der Waals surface area contributed by atoms with Gasteiger partial charge >= 0.3 is 0 Å². The first-order valence-electron chi connectivity index (χ1n) is 6.51. The first-order chi connectivity index (χ1) is 8.52. The van der Waals surface area contributed by atoms with Crippen LogP contribution < -0.4 is 11.5 Å². The Hall–Kier alpha value is -1.43. The normalized spacial score (nSPS) is 25.9. The topological polar surface area (TPSA) is 94.0 Å². The highest BCUT2D eigenvalue weighted by Crippen LogP contribution is 2.22. The minimum atomic E-state index is 0.203. The number of nitrogens with zero attached hydrogens (tertiary/aromatic N) is 4. The van der Waals surface area contributed by atoms with Crippen molar-refractivity contribution in [2.75, 3.05) is 24.6 Å². The molecule has 0 unspecified atom stereocenters. The summed E-state index contributed by atoms with van der Waals surface area (Å²) < 4.78 is 0. The van der Waals surface area contributed by atoms with Gasteiger partial charge in [-0.25, -0.2) is 0 Å². The van der Waals surface area contributed by atoms with Crippen LogP contribution in [0.2, 0.25) is 0 Å². The Balaban J connectivity index is 2.03. The fraction of sp³-hybridized carbons (Fsp3) is 0.750. The van der Waals surface area contributed by atoms with E-state index in [2.05, 4.69) is 33.7 Å². The van der Waals surface area contributed by atoms with Crippen LogP contribution in [-0.4, -0.2) is 32.9 Å². The third-order valence-electron chi connectivity index (χ3n) is 3.39. The molecule has 18 heavy (non-hydrogen) atoms. The van der Waals surface area contributed by atoms with Gasteiger partial charge in [0.1, 0.15) is 5.82 Å². The Morgan fingerprint density at radius 3 is 2.44 bits per heavy atom. The summed E-state index contributed by atoms with van der Waals surface area (Å²) in [5, 5.41) is 0. The minimum absolute atomic E-state index is 0.203. The number of aromatic nitrogens is 3. The van der Waals surface area contributed by atoms with Gasteiger partial charge in [-0.2, -0.15) is 15.0 Å². The molecule has 2 rings (SSSR count). The van der Waals surface area contributed by atoms with E-state index in [0.717, 1.165) is 19.0 Å². The predicted octanol–water partition coefficient (Wildman–Crippen LogP) is 0.904. The lowest BCUT2D eigenvalue weighted by molar-refractivity contribution is 0.242. The fourth-order valence-electron chi connectivity index (χ4n) is 2.69. The van der Waals surface area contributed by atoms with Gasteiger partial charge in [-0.05, 0) is 31.2 Å². The molecule has 1 saturated heterocycles. The van der Waals surface area contributed by atoms with Crippen LogP contribution in [0.4, 0.5) is 11.9 Å². The fourth-order valence-corrected chi connectivity index (χ4v) is 2.69. The molecule has 0 aromatic carbocycles. The van der Waals surface area contributed by atoms with E-state index in [1.165, 1.54) is 12.8 Å². The number of nitrogens with two attached hydrogens (primary N) is 2. The van der Waals surface area contributed by atoms with Crippen LogP contribution >= 0.6 is 0 Å². The maximum absolute atomic E-state index is 5.58. The molecule has 6 nitrogen and oxygen atoms in total. The molecule has 0 saturated carbocycles. The highest BCUT2D eigenvalue weighted by Gasteiger charge is 2.20. The van der Waals surface area contributed by atoms with Crippen molar-refractivity contribution >= 4 is 11.9 Å². The van der Waals surface area contributed by atoms with Gasteiger partial charge in [0.25, 0.3) is 0 Å². The Bertz CT molecular complexity index is 387. The van der Waals surface area contributed by atoms with Crippen LogP contribution in [0.25, 0.3) is 0 Å². The van der Waals surface area contributed by atoms with Crippen molar-refractivity contribution in [1.29, 1.82) is 0 Å². The summed E-state index contributed by atoms with van der Waals surface area (Å²) in [5.41, 5.74) is 11.2. The Kier molecular flexibility index (Phi) is 3.96. The number of hydrogen-bond donors (Lipinski definition) is 2. The molecule has 100 valence electrons. The summed E-state index contributed by atoms with van der Waals surface area (Å²) in [7, 11) is 0. The highest BCUT2D eigenvalue weighted by molar-refractivity contribution is 5.25. The van der Waals surface area contributed by atoms with Crippen molar-refractivity contribution in [3.8, 4) is 0 Å². The predicted molar refractivity (Wildman–Crippen MR) is 71.5 cm³/mol. The monoisotopic (exact) mass is 250 g/mol. The molecule has 0 aliphatic carbocycles. The van der Waals surface area contributed by atoms with Crippen molar-refractivity contribution in [2.45, 2.75) is 33.2 Å². The van der Waals surface area contributed by atoms with Gasteiger partial charge in [-0.3, -0.25) is 4.90 Å². The maximum atomic E-state index is 5.58. The van der Waals surface area contributed by atoms with E-state index in [0.29, 0.717) is 18.3 Å². The van der Waals surface area contributed by atoms with Crippen LogP contribution in [0, 0.1) is 11.8 Å². The van der Waals surface area contributed by atoms with Gasteiger partial charge in [-0.1, -0.05) is 13.8 Å². The average molecular weight is 250 g/mol. The van der Waals surface area contributed by atoms with E-state index in [1.54, 1.807) is 0 Å². The number of anilines is 2. The second-order valence-corrected chi connectivity index (χ2v) is 5.44. The molecule has 1 aromatic heterocycles. The zero-order valence-electron chi connectivity index (χ0n) is 11.1. The van der Waals surface area contributed by atoms with Gasteiger partial charge in [0.05, 0.1) is 6.54 Å². The van der Waals surface area contributed by atoms with Gasteiger partial charge in [0, 0.05) is 6.54 Å². The highest BCUT2D eigenvalue weighted by atomic mass is 15.2. The van der Waals surface area contributed by atoms with Crippen LogP contribution in [0.5, 0.6) is 0 Å². The third kappa shape index (κ3) is 3.53. The lowest BCUT2D eigenvalue weighted by Gasteiger charge is -2.21. The van der Waals surface area contributed by atoms with Crippen LogP contribution in [0.3, 0.4) is 0 Å². The van der Waals surface area contributed by atoms with Gasteiger partial charge in [0.2, 0.25) is 11.9 Å². The van der Waals surface area contributed by atoms with Gasteiger partial charge in [-0.15, -0.1) is 0 Å². The minimum Gasteiger partial charge on any atom is -0.368 e. The van der Waals surface area contributed by atoms with E-state index in [1.807, 2.05) is 0 Å². The molecule has 0 amide bonds. The molecule has 2 atom stereocenters. The molecule has 2 heterocycles. The second-order valence-electron chi connectivity index (χ2n) is 5.44. The van der Waals surface area contributed by atoms with Crippen molar-refractivity contribution in [3.63, 3.8) is 0 Å². The largest absolute Gasteiger partial charge is 0.368 e. The maximum Gasteiger partial charge on any atom is 0.225 e. The van der Waals surface area contributed by atoms with Crippen LogP contribution in [-0.2, 0) is 6.54 Å². The van der Waals surface area contributed by atoms with Crippen molar-refractivity contribution in [1.82, 2.24) is 19.9 Å². The average Bonchev–Trinajstić information content (AvgIpc) is 2.38. The molecule has 0 spiro atoms. The molecule has 1 aliphatic heterocycles. The van der Waals surface area contributed by atoms with Crippen LogP contribution in [0.15, 0.2) is 0 Å². The molecular weight excluding hydrogens is 228 g/mol. The first-order valence-corrected chi connectivity index (χ1v) is 6.51. The quantitative estimate of drug-likeness (QED) is 0.810. The molecule has 0 bridgehead atoms. The summed E-state index contributed by atoms with van der Waals surface area (Å²) in [6.07, 6.45) is 2.51. The standard InChI is InChI=1S/C12H22N6/c1-8-3-4-18(6-9(2)5-8)7-10-15-11(13)17-12(14)16-10/h8-9H,3-7H2,1-2H3,(H4,13,14,15,16,17)/t8-,9-/m0/s1. The smallest absolute Gasteiger partial charge is 0.225 e. The third-order valence-corrected chi connectivity index (χ3v) is 3.39. The van der Waals surface area contributed by atoms with E-state index >= 15 is 0 Å². The summed E-state index contributed by atoms with van der Waals surface area (Å²) in [5.74, 6) is 2.57. The van der Waals surface area contributed by atoms with Gasteiger partial charge < -0.3 is 11.5 Å². The first kappa shape index (κ1) is 13.0. The number of likely N-dealkylation sites (tertiary alicyclic amines) is 1. The molecule has 4 N–H and O–H groups in total. The Morgan fingerprint density at radius 1 is 1.11 bits per heavy atom. The van der Waals surface area contributed by atoms with E-state index in [9.17, 15) is 0 Å². The number of nitrogen functional groups attached to an aromatic ring is 2. The van der Waals surface area contributed by atoms with E-state index in [4.69, 9.17) is 11.5 Å². The molecule has 1 aliphatic rings. The second kappa shape index (κ2) is 5.48. The number of hydrogen-bond acceptors (Lipinski definition) is 6. The van der Waals surface area contributed by atoms with Crippen molar-refractivity contribution in [2.24, 2.45) is 11.8 Å². The zero-order valence-corrected chi connectivity index (χ0v) is 11.1. The van der Waals surface area contributed by atoms with Crippen LogP contribution in [0.1, 0.15) is 32.5 Å². The van der Waals surface area contributed by atoms with Crippen molar-refractivity contribution in [3.05, 3.63) is 5.82 Å². The van der Waals surface area contributed by atoms with Gasteiger partial charge in [0.15, 0.2) is 0 Å².